The first-order chi connectivity index (χ1) is 5.22. The van der Waals surface area contributed by atoms with Crippen LogP contribution in [-0.4, -0.2) is 6.21 Å². The second kappa shape index (κ2) is 5.47. The summed E-state index contributed by atoms with van der Waals surface area (Å²) in [5, 5.41) is 0. The molecule has 0 aromatic heterocycles. The van der Waals surface area contributed by atoms with Crippen LogP contribution in [0.25, 0.3) is 0 Å². The van der Waals surface area contributed by atoms with Crippen LogP contribution in [0.4, 0.5) is 0 Å². The summed E-state index contributed by atoms with van der Waals surface area (Å²) in [5.74, 6) is 0. The maximum atomic E-state index is 5.32. The summed E-state index contributed by atoms with van der Waals surface area (Å²) >= 11 is 0. The van der Waals surface area contributed by atoms with Crippen molar-refractivity contribution in [2.75, 3.05) is 0 Å². The highest BCUT2D eigenvalue weighted by Crippen LogP contribution is 2.00. The van der Waals surface area contributed by atoms with E-state index in [-0.39, 0.29) is 0 Å². The van der Waals surface area contributed by atoms with Gasteiger partial charge >= 0.3 is 0 Å². The van der Waals surface area contributed by atoms with Gasteiger partial charge in [-0.3, -0.25) is 4.99 Å². The van der Waals surface area contributed by atoms with Gasteiger partial charge in [-0.1, -0.05) is 12.7 Å². The van der Waals surface area contributed by atoms with Crippen molar-refractivity contribution in [1.82, 2.24) is 0 Å². The quantitative estimate of drug-likeness (QED) is 0.485. The summed E-state index contributed by atoms with van der Waals surface area (Å²) in [6, 6.07) is 0. The first-order valence-electron chi connectivity index (χ1n) is 3.44. The molecule has 60 valence electrons. The van der Waals surface area contributed by atoms with E-state index in [2.05, 4.69) is 11.6 Å². The molecule has 0 saturated heterocycles. The summed E-state index contributed by atoms with van der Waals surface area (Å²) < 4.78 is 0. The van der Waals surface area contributed by atoms with Crippen molar-refractivity contribution in [2.45, 2.75) is 13.8 Å². The number of nitrogens with two attached hydrogens (primary N) is 1. The first kappa shape index (κ1) is 9.69. The monoisotopic (exact) mass is 150 g/mol. The number of hydrogen-bond acceptors (Lipinski definition) is 2. The highest BCUT2D eigenvalue weighted by molar-refractivity contribution is 5.84. The lowest BCUT2D eigenvalue weighted by atomic mass is 10.2. The summed E-state index contributed by atoms with van der Waals surface area (Å²) in [7, 11) is 0. The molecule has 0 aromatic rings. The first-order valence-corrected chi connectivity index (χ1v) is 3.44. The Morgan fingerprint density at radius 1 is 1.55 bits per heavy atom. The molecular formula is C9H14N2. The van der Waals surface area contributed by atoms with Gasteiger partial charge in [0.15, 0.2) is 0 Å². The molecule has 0 bridgehead atoms. The molecule has 2 nitrogen and oxygen atoms in total. The fourth-order valence-corrected chi connectivity index (χ4v) is 0.505. The molecule has 0 aromatic carbocycles. The van der Waals surface area contributed by atoms with Gasteiger partial charge in [0.2, 0.25) is 0 Å². The molecule has 0 radical (unpaired) electrons. The molecule has 0 spiro atoms. The van der Waals surface area contributed by atoms with E-state index in [1.165, 1.54) is 6.20 Å². The normalized spacial score (nSPS) is 13.1. The van der Waals surface area contributed by atoms with Crippen molar-refractivity contribution in [3.05, 3.63) is 36.2 Å². The van der Waals surface area contributed by atoms with Crippen molar-refractivity contribution in [3.63, 3.8) is 0 Å². The van der Waals surface area contributed by atoms with Crippen molar-refractivity contribution < 1.29 is 0 Å². The molecule has 0 aliphatic carbocycles. The molecule has 0 fully saturated rings. The van der Waals surface area contributed by atoms with Gasteiger partial charge in [-0.15, -0.1) is 0 Å². The van der Waals surface area contributed by atoms with Gasteiger partial charge < -0.3 is 5.73 Å². The minimum absolute atomic E-state index is 0.864. The Bertz CT molecular complexity index is 210. The second-order valence-electron chi connectivity index (χ2n) is 2.16. The topological polar surface area (TPSA) is 38.4 Å². The lowest BCUT2D eigenvalue weighted by molar-refractivity contribution is 1.43. The highest BCUT2D eigenvalue weighted by atomic mass is 14.7. The summed E-state index contributed by atoms with van der Waals surface area (Å²) in [6.07, 6.45) is 6.73. The molecule has 0 amide bonds. The molecule has 0 unspecified atom stereocenters. The Kier molecular flexibility index (Phi) is 4.82. The third-order valence-corrected chi connectivity index (χ3v) is 1.12. The molecule has 0 aliphatic rings. The molecule has 0 saturated carbocycles. The third-order valence-electron chi connectivity index (χ3n) is 1.12. The van der Waals surface area contributed by atoms with Crippen LogP contribution in [0.1, 0.15) is 13.8 Å². The van der Waals surface area contributed by atoms with E-state index in [1.54, 1.807) is 12.4 Å². The zero-order valence-corrected chi connectivity index (χ0v) is 7.04. The molecule has 0 atom stereocenters. The lowest BCUT2D eigenvalue weighted by Gasteiger charge is -1.94. The smallest absolute Gasteiger partial charge is 0.0357 e. The van der Waals surface area contributed by atoms with E-state index in [4.69, 9.17) is 5.73 Å². The van der Waals surface area contributed by atoms with Gasteiger partial charge in [0.25, 0.3) is 0 Å². The lowest BCUT2D eigenvalue weighted by Crippen LogP contribution is -1.90. The number of aliphatic imine (C=N–C) groups is 1. The average Bonchev–Trinajstić information content (AvgIpc) is 1.97. The Hall–Kier alpha value is -1.31. The van der Waals surface area contributed by atoms with Crippen LogP contribution in [0.3, 0.4) is 0 Å². The molecule has 11 heavy (non-hydrogen) atoms. The maximum Gasteiger partial charge on any atom is 0.0357 e. The van der Waals surface area contributed by atoms with Crippen LogP contribution in [-0.2, 0) is 0 Å². The van der Waals surface area contributed by atoms with E-state index >= 15 is 0 Å². The number of hydrogen-bond donors (Lipinski definition) is 1. The van der Waals surface area contributed by atoms with Crippen LogP contribution in [0.2, 0.25) is 0 Å². The third kappa shape index (κ3) is 4.14. The SMILES string of the molecule is C=C(C)C(/C=N\C=C/C)=C/N. The maximum absolute atomic E-state index is 5.32. The van der Waals surface area contributed by atoms with Gasteiger partial charge in [0.1, 0.15) is 0 Å². The molecule has 0 heterocycles. The van der Waals surface area contributed by atoms with Crippen LogP contribution in [0.15, 0.2) is 41.2 Å². The summed E-state index contributed by atoms with van der Waals surface area (Å²) in [4.78, 5) is 3.97. The van der Waals surface area contributed by atoms with Crippen LogP contribution in [0, 0.1) is 0 Å². The van der Waals surface area contributed by atoms with Crippen molar-refractivity contribution in [1.29, 1.82) is 0 Å². The Labute approximate surface area is 67.8 Å². The molecule has 0 rings (SSSR count). The van der Waals surface area contributed by atoms with Crippen molar-refractivity contribution in [2.24, 2.45) is 10.7 Å². The van der Waals surface area contributed by atoms with Gasteiger partial charge in [-0.25, -0.2) is 0 Å². The highest BCUT2D eigenvalue weighted by Gasteiger charge is 1.89. The fourth-order valence-electron chi connectivity index (χ4n) is 0.505. The Balaban J connectivity index is 4.22. The summed E-state index contributed by atoms with van der Waals surface area (Å²) in [6.45, 7) is 7.54. The molecule has 0 aliphatic heterocycles. The average molecular weight is 150 g/mol. The second-order valence-corrected chi connectivity index (χ2v) is 2.16. The number of allylic oxidation sites excluding steroid dienone is 3. The van der Waals surface area contributed by atoms with Crippen LogP contribution >= 0.6 is 0 Å². The molecular weight excluding hydrogens is 136 g/mol. The predicted molar refractivity (Wildman–Crippen MR) is 50.4 cm³/mol. The minimum Gasteiger partial charge on any atom is -0.404 e. The van der Waals surface area contributed by atoms with Crippen molar-refractivity contribution in [3.8, 4) is 0 Å². The van der Waals surface area contributed by atoms with Crippen LogP contribution < -0.4 is 5.73 Å². The van der Waals surface area contributed by atoms with Crippen molar-refractivity contribution >= 4 is 6.21 Å². The number of nitrogens with zero attached hydrogens (tertiary/aromatic N) is 1. The van der Waals surface area contributed by atoms with E-state index in [0.717, 1.165) is 11.1 Å². The van der Waals surface area contributed by atoms with E-state index in [9.17, 15) is 0 Å². The van der Waals surface area contributed by atoms with Gasteiger partial charge in [-0.2, -0.15) is 0 Å². The summed E-state index contributed by atoms with van der Waals surface area (Å²) in [5.41, 5.74) is 7.10. The van der Waals surface area contributed by atoms with E-state index < -0.39 is 0 Å². The fraction of sp³-hybridized carbons (Fsp3) is 0.222. The zero-order chi connectivity index (χ0) is 8.69. The van der Waals surface area contributed by atoms with E-state index in [1.807, 2.05) is 19.9 Å². The Morgan fingerprint density at radius 3 is 2.55 bits per heavy atom. The Morgan fingerprint density at radius 2 is 2.18 bits per heavy atom. The van der Waals surface area contributed by atoms with Gasteiger partial charge in [0.05, 0.1) is 0 Å². The number of rotatable bonds is 3. The van der Waals surface area contributed by atoms with Gasteiger partial charge in [0, 0.05) is 24.2 Å². The molecule has 2 heteroatoms. The zero-order valence-electron chi connectivity index (χ0n) is 7.04. The van der Waals surface area contributed by atoms with Gasteiger partial charge in [-0.05, 0) is 19.4 Å². The van der Waals surface area contributed by atoms with Crippen LogP contribution in [0.5, 0.6) is 0 Å². The minimum atomic E-state index is 0.864. The van der Waals surface area contributed by atoms with E-state index in [0.29, 0.717) is 0 Å². The predicted octanol–water partition coefficient (Wildman–Crippen LogP) is 2.01. The molecule has 2 N–H and O–H groups in total. The standard InChI is InChI=1S/C9H14N2/c1-4-5-11-7-9(6-10)8(2)3/h4-7H,2,10H2,1,3H3/b5-4-,9-6+,11-7-. The largest absolute Gasteiger partial charge is 0.404 e.